The number of carbonyl (C=O) groups excluding carboxylic acids is 1. The number of aliphatic hydroxyl groups is 1. The molecule has 218 valence electrons. The molecule has 4 rings (SSSR count). The minimum absolute atomic E-state index is 0.0402. The summed E-state index contributed by atoms with van der Waals surface area (Å²) in [6.07, 6.45) is -0.333. The van der Waals surface area contributed by atoms with Crippen LogP contribution in [0, 0.1) is 0 Å². The Morgan fingerprint density at radius 1 is 1.05 bits per heavy atom. The van der Waals surface area contributed by atoms with Crippen LogP contribution >= 0.6 is 0 Å². The number of sulfone groups is 1. The van der Waals surface area contributed by atoms with Crippen molar-refractivity contribution in [3.63, 3.8) is 0 Å². The maximum Gasteiger partial charge on any atom is 0.266 e. The SMILES string of the molecule is COc1ccccc1CNNC(=O)[C@@]1(CCS(=O)(=O)c2ccccc2)N=C(c2ccc(OCCCO)cc2)O[C@H]1C. The third-order valence-corrected chi connectivity index (χ3v) is 8.59. The van der Waals surface area contributed by atoms with Crippen LogP contribution in [0.3, 0.4) is 0 Å². The number of hydrazine groups is 1. The average molecular weight is 582 g/mol. The molecule has 0 saturated carbocycles. The number of aliphatic imine (C=N–C) groups is 1. The first-order valence-corrected chi connectivity index (χ1v) is 15.0. The van der Waals surface area contributed by atoms with Gasteiger partial charge in [0.25, 0.3) is 5.91 Å². The number of amides is 1. The number of nitrogens with one attached hydrogen (secondary N) is 2. The molecule has 0 aliphatic carbocycles. The smallest absolute Gasteiger partial charge is 0.266 e. The number of para-hydroxylation sites is 1. The van der Waals surface area contributed by atoms with Gasteiger partial charge in [-0.15, -0.1) is 0 Å². The predicted octanol–water partition coefficient (Wildman–Crippen LogP) is 3.05. The Morgan fingerprint density at radius 3 is 2.46 bits per heavy atom. The quantitative estimate of drug-likeness (QED) is 0.195. The third-order valence-electron chi connectivity index (χ3n) is 6.86. The highest BCUT2D eigenvalue weighted by Crippen LogP contribution is 2.33. The molecule has 1 aliphatic heterocycles. The molecule has 0 fully saturated rings. The van der Waals surface area contributed by atoms with Crippen LogP contribution in [0.25, 0.3) is 0 Å². The van der Waals surface area contributed by atoms with Crippen LogP contribution < -0.4 is 20.3 Å². The van der Waals surface area contributed by atoms with E-state index in [0.29, 0.717) is 30.1 Å². The second kappa shape index (κ2) is 13.6. The summed E-state index contributed by atoms with van der Waals surface area (Å²) >= 11 is 0. The Labute approximate surface area is 240 Å². The van der Waals surface area contributed by atoms with Gasteiger partial charge in [-0.25, -0.2) is 18.8 Å². The van der Waals surface area contributed by atoms with Crippen LogP contribution in [-0.2, 0) is 25.9 Å². The van der Waals surface area contributed by atoms with Crippen LogP contribution in [0.4, 0.5) is 0 Å². The van der Waals surface area contributed by atoms with E-state index < -0.39 is 27.4 Å². The second-order valence-corrected chi connectivity index (χ2v) is 11.7. The van der Waals surface area contributed by atoms with Crippen molar-refractivity contribution < 1.29 is 32.5 Å². The molecule has 0 radical (unpaired) electrons. The largest absolute Gasteiger partial charge is 0.496 e. The monoisotopic (exact) mass is 581 g/mol. The predicted molar refractivity (Wildman–Crippen MR) is 155 cm³/mol. The summed E-state index contributed by atoms with van der Waals surface area (Å²) in [6, 6.07) is 22.5. The van der Waals surface area contributed by atoms with Crippen LogP contribution in [0.15, 0.2) is 88.8 Å². The van der Waals surface area contributed by atoms with Crippen molar-refractivity contribution in [1.82, 2.24) is 10.9 Å². The van der Waals surface area contributed by atoms with Gasteiger partial charge in [0.05, 0.1) is 24.4 Å². The zero-order valence-corrected chi connectivity index (χ0v) is 23.9. The Bertz CT molecular complexity index is 1450. The molecule has 3 aromatic rings. The summed E-state index contributed by atoms with van der Waals surface area (Å²) in [4.78, 5) is 18.6. The maximum atomic E-state index is 13.7. The van der Waals surface area contributed by atoms with Crippen LogP contribution in [0.5, 0.6) is 11.5 Å². The Hall–Kier alpha value is -3.93. The molecule has 2 atom stereocenters. The first-order chi connectivity index (χ1) is 19.8. The zero-order valence-electron chi connectivity index (χ0n) is 23.1. The summed E-state index contributed by atoms with van der Waals surface area (Å²) in [5.74, 6) is 0.699. The van der Waals surface area contributed by atoms with Crippen molar-refractivity contribution in [3.8, 4) is 11.5 Å². The van der Waals surface area contributed by atoms with E-state index in [1.54, 1.807) is 56.5 Å². The van der Waals surface area contributed by atoms with E-state index in [4.69, 9.17) is 24.3 Å². The lowest BCUT2D eigenvalue weighted by Crippen LogP contribution is -2.55. The fraction of sp³-hybridized carbons (Fsp3) is 0.333. The lowest BCUT2D eigenvalue weighted by Gasteiger charge is -2.28. The van der Waals surface area contributed by atoms with Gasteiger partial charge in [-0.2, -0.15) is 0 Å². The van der Waals surface area contributed by atoms with Gasteiger partial charge in [0.1, 0.15) is 17.6 Å². The lowest BCUT2D eigenvalue weighted by atomic mass is 9.90. The van der Waals surface area contributed by atoms with Crippen molar-refractivity contribution in [2.45, 2.75) is 42.8 Å². The number of rotatable bonds is 14. The number of hydrogen-bond acceptors (Lipinski definition) is 9. The number of carbonyl (C=O) groups is 1. The molecule has 0 aromatic heterocycles. The first-order valence-electron chi connectivity index (χ1n) is 13.3. The Balaban J connectivity index is 1.57. The van der Waals surface area contributed by atoms with Gasteiger partial charge in [0, 0.05) is 30.7 Å². The molecule has 1 amide bonds. The summed E-state index contributed by atoms with van der Waals surface area (Å²) < 4.78 is 43.3. The van der Waals surface area contributed by atoms with E-state index in [2.05, 4.69) is 10.9 Å². The van der Waals surface area contributed by atoms with E-state index in [1.165, 1.54) is 12.1 Å². The van der Waals surface area contributed by atoms with Gasteiger partial charge >= 0.3 is 0 Å². The normalized spacial score (nSPS) is 18.3. The van der Waals surface area contributed by atoms with Crippen LogP contribution in [0.2, 0.25) is 0 Å². The van der Waals surface area contributed by atoms with Crippen molar-refractivity contribution in [2.75, 3.05) is 26.1 Å². The highest BCUT2D eigenvalue weighted by molar-refractivity contribution is 7.91. The molecule has 3 N–H and O–H groups in total. The number of nitrogens with zero attached hydrogens (tertiary/aromatic N) is 1. The number of ether oxygens (including phenoxy) is 3. The van der Waals surface area contributed by atoms with E-state index >= 15 is 0 Å². The van der Waals surface area contributed by atoms with E-state index in [1.807, 2.05) is 24.3 Å². The molecule has 3 aromatic carbocycles. The molecular formula is C30H35N3O7S. The fourth-order valence-corrected chi connectivity index (χ4v) is 5.85. The highest BCUT2D eigenvalue weighted by atomic mass is 32.2. The van der Waals surface area contributed by atoms with Crippen LogP contribution in [-0.4, -0.2) is 63.0 Å². The standard InChI is InChI=1S/C30H35N3O7S/c1-22-30(17-20-41(36,37)26-10-4-3-5-11-26,29(35)33-31-21-24-9-6-7-12-27(24)38-2)32-28(40-22)23-13-15-25(16-14-23)39-19-8-18-34/h3-7,9-16,22,31,34H,8,17-21H2,1-2H3,(H,33,35)/t22-,30-/m0/s1. The number of hydrogen-bond donors (Lipinski definition) is 3. The molecule has 11 heteroatoms. The number of benzene rings is 3. The molecule has 1 aliphatic rings. The van der Waals surface area contributed by atoms with Crippen LogP contribution in [0.1, 0.15) is 30.9 Å². The molecule has 10 nitrogen and oxygen atoms in total. The van der Waals surface area contributed by atoms with Crippen molar-refractivity contribution in [3.05, 3.63) is 90.0 Å². The van der Waals surface area contributed by atoms with Gasteiger partial charge in [0.15, 0.2) is 15.4 Å². The van der Waals surface area contributed by atoms with Crippen molar-refractivity contribution in [1.29, 1.82) is 0 Å². The summed E-state index contributed by atoms with van der Waals surface area (Å²) in [7, 11) is -2.12. The lowest BCUT2D eigenvalue weighted by molar-refractivity contribution is -0.129. The molecule has 1 heterocycles. The molecule has 0 unspecified atom stereocenters. The molecular weight excluding hydrogens is 546 g/mol. The van der Waals surface area contributed by atoms with E-state index in [9.17, 15) is 13.2 Å². The fourth-order valence-electron chi connectivity index (χ4n) is 4.46. The van der Waals surface area contributed by atoms with Crippen molar-refractivity contribution in [2.24, 2.45) is 4.99 Å². The molecule has 0 bridgehead atoms. The molecule has 41 heavy (non-hydrogen) atoms. The van der Waals surface area contributed by atoms with Crippen molar-refractivity contribution >= 4 is 21.6 Å². The van der Waals surface area contributed by atoms with Gasteiger partial charge < -0.3 is 19.3 Å². The van der Waals surface area contributed by atoms with Gasteiger partial charge in [-0.05, 0) is 55.8 Å². The minimum atomic E-state index is -3.69. The van der Waals surface area contributed by atoms with Gasteiger partial charge in [-0.1, -0.05) is 36.4 Å². The number of aliphatic hydroxyl groups excluding tert-OH is 1. The van der Waals surface area contributed by atoms with Gasteiger partial charge in [0.2, 0.25) is 5.90 Å². The Kier molecular flexibility index (Phi) is 9.98. The summed E-state index contributed by atoms with van der Waals surface area (Å²) in [5, 5.41) is 8.95. The topological polar surface area (TPSA) is 136 Å². The first kappa shape index (κ1) is 30.0. The summed E-state index contributed by atoms with van der Waals surface area (Å²) in [6.45, 7) is 2.40. The summed E-state index contributed by atoms with van der Waals surface area (Å²) in [5.41, 5.74) is 5.58. The Morgan fingerprint density at radius 2 is 1.76 bits per heavy atom. The van der Waals surface area contributed by atoms with Gasteiger partial charge in [-0.3, -0.25) is 10.2 Å². The number of methoxy groups -OCH3 is 1. The second-order valence-electron chi connectivity index (χ2n) is 9.55. The van der Waals surface area contributed by atoms with E-state index in [0.717, 1.165) is 5.56 Å². The minimum Gasteiger partial charge on any atom is -0.496 e. The molecule has 0 saturated heterocycles. The molecule has 0 spiro atoms. The highest BCUT2D eigenvalue weighted by Gasteiger charge is 2.50. The average Bonchev–Trinajstić information content (AvgIpc) is 3.34. The maximum absolute atomic E-state index is 13.7. The van der Waals surface area contributed by atoms with E-state index in [-0.39, 0.29) is 36.1 Å². The third kappa shape index (κ3) is 7.24. The zero-order chi connectivity index (χ0) is 29.3.